The highest BCUT2D eigenvalue weighted by molar-refractivity contribution is 6.30. The molecule has 5 heteroatoms. The standard InChI is InChI=1S/C10H13ClFN3/c1-7-4-8(11)2-3-10(7)15(14)6-9(13)5-12/h2-4,6H,5,13-14H2,1H3/b9-6-. The zero-order valence-electron chi connectivity index (χ0n) is 8.37. The van der Waals surface area contributed by atoms with Crippen molar-refractivity contribution in [3.8, 4) is 0 Å². The summed E-state index contributed by atoms with van der Waals surface area (Å²) in [7, 11) is 0. The van der Waals surface area contributed by atoms with Gasteiger partial charge in [0.1, 0.15) is 6.67 Å². The third-order valence-electron chi connectivity index (χ3n) is 1.90. The molecule has 3 nitrogen and oxygen atoms in total. The van der Waals surface area contributed by atoms with E-state index in [2.05, 4.69) is 0 Å². The Morgan fingerprint density at radius 1 is 1.60 bits per heavy atom. The number of hydrogen-bond donors (Lipinski definition) is 2. The lowest BCUT2D eigenvalue weighted by atomic mass is 10.2. The highest BCUT2D eigenvalue weighted by atomic mass is 35.5. The van der Waals surface area contributed by atoms with Gasteiger partial charge in [0, 0.05) is 11.2 Å². The third kappa shape index (κ3) is 3.11. The number of alkyl halides is 1. The molecule has 0 saturated carbocycles. The van der Waals surface area contributed by atoms with E-state index >= 15 is 0 Å². The molecule has 0 atom stereocenters. The zero-order chi connectivity index (χ0) is 11.4. The van der Waals surface area contributed by atoms with Gasteiger partial charge in [0.2, 0.25) is 0 Å². The molecule has 1 aromatic carbocycles. The number of benzene rings is 1. The van der Waals surface area contributed by atoms with Crippen molar-refractivity contribution in [3.05, 3.63) is 40.7 Å². The Bertz CT molecular complexity index is 379. The van der Waals surface area contributed by atoms with E-state index in [0.29, 0.717) is 5.02 Å². The molecular formula is C10H13ClFN3. The quantitative estimate of drug-likeness (QED) is 0.617. The van der Waals surface area contributed by atoms with Crippen LogP contribution < -0.4 is 16.6 Å². The lowest BCUT2D eigenvalue weighted by Gasteiger charge is -2.17. The number of anilines is 1. The van der Waals surface area contributed by atoms with Gasteiger partial charge in [-0.2, -0.15) is 0 Å². The van der Waals surface area contributed by atoms with E-state index in [1.807, 2.05) is 6.92 Å². The minimum atomic E-state index is -0.722. The summed E-state index contributed by atoms with van der Waals surface area (Å²) in [5, 5.41) is 1.91. The first kappa shape index (κ1) is 11.8. The number of hydrazine groups is 1. The third-order valence-corrected chi connectivity index (χ3v) is 2.13. The van der Waals surface area contributed by atoms with Crippen LogP contribution in [0.3, 0.4) is 0 Å². The van der Waals surface area contributed by atoms with Gasteiger partial charge in [-0.3, -0.25) is 5.01 Å². The van der Waals surface area contributed by atoms with Gasteiger partial charge in [-0.15, -0.1) is 0 Å². The summed E-state index contributed by atoms with van der Waals surface area (Å²) < 4.78 is 12.1. The first-order valence-corrected chi connectivity index (χ1v) is 4.74. The van der Waals surface area contributed by atoms with Crippen LogP contribution in [0.1, 0.15) is 5.56 Å². The molecule has 0 unspecified atom stereocenters. The molecule has 1 aromatic rings. The summed E-state index contributed by atoms with van der Waals surface area (Å²) >= 11 is 5.80. The molecule has 0 fully saturated rings. The summed E-state index contributed by atoms with van der Waals surface area (Å²) in [4.78, 5) is 0. The second kappa shape index (κ2) is 5.00. The van der Waals surface area contributed by atoms with Crippen LogP contribution >= 0.6 is 11.6 Å². The van der Waals surface area contributed by atoms with Crippen molar-refractivity contribution in [2.75, 3.05) is 11.7 Å². The molecule has 0 saturated heterocycles. The Morgan fingerprint density at radius 2 is 2.27 bits per heavy atom. The van der Waals surface area contributed by atoms with Crippen LogP contribution in [-0.4, -0.2) is 6.67 Å². The van der Waals surface area contributed by atoms with Crippen molar-refractivity contribution in [3.63, 3.8) is 0 Å². The largest absolute Gasteiger partial charge is 0.399 e. The smallest absolute Gasteiger partial charge is 0.130 e. The lowest BCUT2D eigenvalue weighted by Crippen LogP contribution is -2.27. The predicted molar refractivity (Wildman–Crippen MR) is 61.1 cm³/mol. The second-order valence-electron chi connectivity index (χ2n) is 3.18. The van der Waals surface area contributed by atoms with E-state index in [1.54, 1.807) is 18.2 Å². The van der Waals surface area contributed by atoms with Crippen LogP contribution in [0.2, 0.25) is 5.02 Å². The lowest BCUT2D eigenvalue weighted by molar-refractivity contribution is 0.538. The maximum absolute atomic E-state index is 12.1. The van der Waals surface area contributed by atoms with Gasteiger partial charge in [-0.05, 0) is 30.7 Å². The Kier molecular flexibility index (Phi) is 3.94. The molecule has 0 aliphatic carbocycles. The molecule has 0 aliphatic heterocycles. The molecule has 0 aromatic heterocycles. The summed E-state index contributed by atoms with van der Waals surface area (Å²) in [6, 6.07) is 5.24. The summed E-state index contributed by atoms with van der Waals surface area (Å²) in [6.07, 6.45) is 1.34. The molecule has 0 bridgehead atoms. The SMILES string of the molecule is Cc1cc(Cl)ccc1N(N)/C=C(\N)CF. The number of halogens is 2. The van der Waals surface area contributed by atoms with E-state index < -0.39 is 6.67 Å². The highest BCUT2D eigenvalue weighted by Crippen LogP contribution is 2.21. The van der Waals surface area contributed by atoms with Crippen LogP contribution in [0, 0.1) is 6.92 Å². The van der Waals surface area contributed by atoms with E-state index in [4.69, 9.17) is 23.2 Å². The summed E-state index contributed by atoms with van der Waals surface area (Å²) in [5.74, 6) is 5.69. The van der Waals surface area contributed by atoms with E-state index in [0.717, 1.165) is 11.3 Å². The minimum Gasteiger partial charge on any atom is -0.399 e. The van der Waals surface area contributed by atoms with E-state index in [1.165, 1.54) is 11.2 Å². The monoisotopic (exact) mass is 229 g/mol. The van der Waals surface area contributed by atoms with Crippen molar-refractivity contribution in [1.82, 2.24) is 0 Å². The first-order valence-electron chi connectivity index (χ1n) is 4.37. The molecular weight excluding hydrogens is 217 g/mol. The summed E-state index contributed by atoms with van der Waals surface area (Å²) in [6.45, 7) is 1.14. The van der Waals surface area contributed by atoms with Crippen molar-refractivity contribution in [1.29, 1.82) is 0 Å². The van der Waals surface area contributed by atoms with Crippen LogP contribution in [-0.2, 0) is 0 Å². The first-order chi connectivity index (χ1) is 7.04. The number of hydrogen-bond acceptors (Lipinski definition) is 3. The number of nitrogens with zero attached hydrogens (tertiary/aromatic N) is 1. The van der Waals surface area contributed by atoms with Crippen molar-refractivity contribution >= 4 is 17.3 Å². The van der Waals surface area contributed by atoms with Gasteiger partial charge in [-0.1, -0.05) is 11.6 Å². The average molecular weight is 230 g/mol. The van der Waals surface area contributed by atoms with Crippen LogP contribution in [0.15, 0.2) is 30.1 Å². The van der Waals surface area contributed by atoms with Gasteiger partial charge in [0.25, 0.3) is 0 Å². The molecule has 0 aliphatic rings. The van der Waals surface area contributed by atoms with Gasteiger partial charge >= 0.3 is 0 Å². The average Bonchev–Trinajstić information content (AvgIpc) is 2.17. The zero-order valence-corrected chi connectivity index (χ0v) is 9.13. The van der Waals surface area contributed by atoms with E-state index in [9.17, 15) is 4.39 Å². The molecule has 0 spiro atoms. The molecule has 0 heterocycles. The maximum atomic E-state index is 12.1. The molecule has 4 N–H and O–H groups in total. The fourth-order valence-corrected chi connectivity index (χ4v) is 1.42. The molecule has 82 valence electrons. The molecule has 0 amide bonds. The Morgan fingerprint density at radius 3 is 2.80 bits per heavy atom. The van der Waals surface area contributed by atoms with Crippen molar-refractivity contribution < 1.29 is 4.39 Å². The van der Waals surface area contributed by atoms with Crippen LogP contribution in [0.4, 0.5) is 10.1 Å². The predicted octanol–water partition coefficient (Wildman–Crippen LogP) is 2.10. The highest BCUT2D eigenvalue weighted by Gasteiger charge is 2.03. The Hall–Kier alpha value is -1.26. The van der Waals surface area contributed by atoms with Crippen LogP contribution in [0.25, 0.3) is 0 Å². The fourth-order valence-electron chi connectivity index (χ4n) is 1.19. The Labute approximate surface area is 93.1 Å². The number of aryl methyl sites for hydroxylation is 1. The van der Waals surface area contributed by atoms with Gasteiger partial charge in [0.05, 0.1) is 11.4 Å². The van der Waals surface area contributed by atoms with Crippen molar-refractivity contribution in [2.24, 2.45) is 11.6 Å². The van der Waals surface area contributed by atoms with Crippen molar-refractivity contribution in [2.45, 2.75) is 6.92 Å². The number of rotatable bonds is 3. The molecule has 0 radical (unpaired) electrons. The number of allylic oxidation sites excluding steroid dienone is 1. The minimum absolute atomic E-state index is 0.0758. The fraction of sp³-hybridized carbons (Fsp3) is 0.200. The molecule has 1 rings (SSSR count). The maximum Gasteiger partial charge on any atom is 0.130 e. The Balaban J connectivity index is 2.96. The van der Waals surface area contributed by atoms with Gasteiger partial charge < -0.3 is 5.73 Å². The number of nitrogens with two attached hydrogens (primary N) is 2. The topological polar surface area (TPSA) is 55.3 Å². The van der Waals surface area contributed by atoms with Crippen LogP contribution in [0.5, 0.6) is 0 Å². The van der Waals surface area contributed by atoms with E-state index in [-0.39, 0.29) is 5.70 Å². The summed E-state index contributed by atoms with van der Waals surface area (Å²) in [5.41, 5.74) is 7.03. The van der Waals surface area contributed by atoms with Gasteiger partial charge in [-0.25, -0.2) is 10.2 Å². The van der Waals surface area contributed by atoms with Gasteiger partial charge in [0.15, 0.2) is 0 Å². The second-order valence-corrected chi connectivity index (χ2v) is 3.61. The normalized spacial score (nSPS) is 11.6. The molecule has 15 heavy (non-hydrogen) atoms.